The summed E-state index contributed by atoms with van der Waals surface area (Å²) < 4.78 is 28.0. The molecule has 134 valence electrons. The Morgan fingerprint density at radius 3 is 2.23 bits per heavy atom. The molecule has 0 saturated heterocycles. The van der Waals surface area contributed by atoms with Crippen molar-refractivity contribution in [2.45, 2.75) is 24.9 Å². The Hall–Kier alpha value is -2.14. The summed E-state index contributed by atoms with van der Waals surface area (Å²) in [5.41, 5.74) is 2.98. The fraction of sp³-hybridized carbons (Fsp3) is 0.143. The van der Waals surface area contributed by atoms with Gasteiger partial charge in [-0.2, -0.15) is 4.31 Å². The van der Waals surface area contributed by atoms with Crippen LogP contribution in [-0.2, 0) is 23.1 Å². The SMILES string of the molecule is Cc1ccccc1CN(Cc1ccccc1)S(=O)(=O)c1cccc(Cl)c1. The van der Waals surface area contributed by atoms with Crippen LogP contribution in [0.4, 0.5) is 0 Å². The van der Waals surface area contributed by atoms with E-state index in [2.05, 4.69) is 0 Å². The number of hydrogen-bond acceptors (Lipinski definition) is 2. The smallest absolute Gasteiger partial charge is 0.207 e. The van der Waals surface area contributed by atoms with Gasteiger partial charge in [0.25, 0.3) is 0 Å². The first-order chi connectivity index (χ1) is 12.5. The third-order valence-corrected chi connectivity index (χ3v) is 6.27. The molecule has 5 heteroatoms. The van der Waals surface area contributed by atoms with Crippen LogP contribution in [-0.4, -0.2) is 12.7 Å². The van der Waals surface area contributed by atoms with E-state index in [4.69, 9.17) is 11.6 Å². The molecule has 0 atom stereocenters. The van der Waals surface area contributed by atoms with Crippen LogP contribution in [0.1, 0.15) is 16.7 Å². The molecule has 0 amide bonds. The summed E-state index contributed by atoms with van der Waals surface area (Å²) in [5, 5.41) is 0.404. The molecule has 0 heterocycles. The molecule has 0 aromatic heterocycles. The molecule has 0 N–H and O–H groups in total. The molecule has 0 saturated carbocycles. The van der Waals surface area contributed by atoms with Crippen LogP contribution in [0.2, 0.25) is 5.02 Å². The van der Waals surface area contributed by atoms with E-state index in [1.807, 2.05) is 61.5 Å². The monoisotopic (exact) mass is 385 g/mol. The van der Waals surface area contributed by atoms with E-state index in [1.54, 1.807) is 18.2 Å². The van der Waals surface area contributed by atoms with Gasteiger partial charge in [0, 0.05) is 18.1 Å². The molecule has 0 radical (unpaired) electrons. The highest BCUT2D eigenvalue weighted by atomic mass is 35.5. The molecule has 0 spiro atoms. The van der Waals surface area contributed by atoms with E-state index in [0.717, 1.165) is 16.7 Å². The highest BCUT2D eigenvalue weighted by molar-refractivity contribution is 7.89. The zero-order chi connectivity index (χ0) is 18.6. The molecule has 3 aromatic carbocycles. The number of sulfonamides is 1. The maximum atomic E-state index is 13.3. The zero-order valence-electron chi connectivity index (χ0n) is 14.5. The van der Waals surface area contributed by atoms with Gasteiger partial charge < -0.3 is 0 Å². The Balaban J connectivity index is 2.00. The summed E-state index contributed by atoms with van der Waals surface area (Å²) in [7, 11) is -3.69. The topological polar surface area (TPSA) is 37.4 Å². The molecule has 0 aliphatic carbocycles. The van der Waals surface area contributed by atoms with Crippen LogP contribution >= 0.6 is 11.6 Å². The lowest BCUT2D eigenvalue weighted by Gasteiger charge is -2.23. The molecule has 0 bridgehead atoms. The van der Waals surface area contributed by atoms with E-state index in [-0.39, 0.29) is 4.90 Å². The Labute approximate surface area is 159 Å². The van der Waals surface area contributed by atoms with Crippen molar-refractivity contribution in [1.82, 2.24) is 4.31 Å². The summed E-state index contributed by atoms with van der Waals surface area (Å²) in [6.07, 6.45) is 0. The number of nitrogens with zero attached hydrogens (tertiary/aromatic N) is 1. The summed E-state index contributed by atoms with van der Waals surface area (Å²) in [4.78, 5) is 0.203. The van der Waals surface area contributed by atoms with Crippen LogP contribution < -0.4 is 0 Å². The minimum Gasteiger partial charge on any atom is -0.207 e. The first-order valence-electron chi connectivity index (χ1n) is 8.31. The van der Waals surface area contributed by atoms with Crippen molar-refractivity contribution in [2.75, 3.05) is 0 Å². The second-order valence-electron chi connectivity index (χ2n) is 6.14. The quantitative estimate of drug-likeness (QED) is 0.596. The first-order valence-corrected chi connectivity index (χ1v) is 10.1. The van der Waals surface area contributed by atoms with Gasteiger partial charge in [0.15, 0.2) is 0 Å². The second kappa shape index (κ2) is 8.04. The molecule has 0 aliphatic rings. The van der Waals surface area contributed by atoms with Crippen LogP contribution in [0, 0.1) is 6.92 Å². The van der Waals surface area contributed by atoms with Gasteiger partial charge in [-0.3, -0.25) is 0 Å². The van der Waals surface area contributed by atoms with E-state index in [0.29, 0.717) is 18.1 Å². The summed E-state index contributed by atoms with van der Waals surface area (Å²) in [6.45, 7) is 2.59. The Bertz CT molecular complexity index is 988. The Morgan fingerprint density at radius 2 is 1.54 bits per heavy atom. The molecule has 0 aliphatic heterocycles. The average molecular weight is 386 g/mol. The number of benzene rings is 3. The molecule has 3 rings (SSSR count). The van der Waals surface area contributed by atoms with Crippen molar-refractivity contribution >= 4 is 21.6 Å². The number of rotatable bonds is 6. The van der Waals surface area contributed by atoms with Crippen molar-refractivity contribution in [3.8, 4) is 0 Å². The van der Waals surface area contributed by atoms with Crippen LogP contribution in [0.5, 0.6) is 0 Å². The van der Waals surface area contributed by atoms with Crippen molar-refractivity contribution in [3.05, 3.63) is 101 Å². The van der Waals surface area contributed by atoms with Gasteiger partial charge in [0.2, 0.25) is 10.0 Å². The largest absolute Gasteiger partial charge is 0.243 e. The molecule has 3 aromatic rings. The van der Waals surface area contributed by atoms with Crippen LogP contribution in [0.3, 0.4) is 0 Å². The first kappa shape index (κ1) is 18.6. The van der Waals surface area contributed by atoms with E-state index in [1.165, 1.54) is 10.4 Å². The maximum Gasteiger partial charge on any atom is 0.243 e. The summed E-state index contributed by atoms with van der Waals surface area (Å²) in [6, 6.07) is 23.8. The molecular weight excluding hydrogens is 366 g/mol. The highest BCUT2D eigenvalue weighted by Gasteiger charge is 2.25. The van der Waals surface area contributed by atoms with Gasteiger partial charge in [-0.1, -0.05) is 72.3 Å². The Morgan fingerprint density at radius 1 is 0.846 bits per heavy atom. The summed E-state index contributed by atoms with van der Waals surface area (Å²) >= 11 is 6.02. The molecule has 26 heavy (non-hydrogen) atoms. The van der Waals surface area contributed by atoms with E-state index >= 15 is 0 Å². The zero-order valence-corrected chi connectivity index (χ0v) is 16.0. The van der Waals surface area contributed by atoms with E-state index in [9.17, 15) is 8.42 Å². The third kappa shape index (κ3) is 4.33. The third-order valence-electron chi connectivity index (χ3n) is 4.24. The number of halogens is 1. The van der Waals surface area contributed by atoms with Crippen molar-refractivity contribution in [3.63, 3.8) is 0 Å². The van der Waals surface area contributed by atoms with Gasteiger partial charge >= 0.3 is 0 Å². The molecule has 0 fully saturated rings. The fourth-order valence-corrected chi connectivity index (χ4v) is 4.47. The fourth-order valence-electron chi connectivity index (χ4n) is 2.77. The maximum absolute atomic E-state index is 13.3. The lowest BCUT2D eigenvalue weighted by molar-refractivity contribution is 0.400. The van der Waals surface area contributed by atoms with Crippen molar-refractivity contribution in [2.24, 2.45) is 0 Å². The predicted octanol–water partition coefficient (Wildman–Crippen LogP) is 5.04. The molecule has 0 unspecified atom stereocenters. The van der Waals surface area contributed by atoms with Crippen LogP contribution in [0.15, 0.2) is 83.8 Å². The summed E-state index contributed by atoms with van der Waals surface area (Å²) in [5.74, 6) is 0. The normalized spacial score (nSPS) is 11.7. The molecule has 3 nitrogen and oxygen atoms in total. The van der Waals surface area contributed by atoms with Gasteiger partial charge in [-0.05, 0) is 41.8 Å². The van der Waals surface area contributed by atoms with Crippen molar-refractivity contribution < 1.29 is 8.42 Å². The van der Waals surface area contributed by atoms with Gasteiger partial charge in [0.05, 0.1) is 4.90 Å². The van der Waals surface area contributed by atoms with Crippen LogP contribution in [0.25, 0.3) is 0 Å². The van der Waals surface area contributed by atoms with Gasteiger partial charge in [-0.15, -0.1) is 0 Å². The standard InChI is InChI=1S/C21H20ClNO2S/c1-17-8-5-6-11-19(17)16-23(15-18-9-3-2-4-10-18)26(24,25)21-13-7-12-20(22)14-21/h2-14H,15-16H2,1H3. The minimum absolute atomic E-state index is 0.203. The van der Waals surface area contributed by atoms with Crippen molar-refractivity contribution in [1.29, 1.82) is 0 Å². The lowest BCUT2D eigenvalue weighted by Crippen LogP contribution is -2.30. The minimum atomic E-state index is -3.69. The molecular formula is C21H20ClNO2S. The predicted molar refractivity (Wildman–Crippen MR) is 106 cm³/mol. The van der Waals surface area contributed by atoms with Gasteiger partial charge in [-0.25, -0.2) is 8.42 Å². The number of hydrogen-bond donors (Lipinski definition) is 0. The number of aryl methyl sites for hydroxylation is 1. The lowest BCUT2D eigenvalue weighted by atomic mass is 10.1. The highest BCUT2D eigenvalue weighted by Crippen LogP contribution is 2.24. The Kier molecular flexibility index (Phi) is 5.77. The van der Waals surface area contributed by atoms with Gasteiger partial charge in [0.1, 0.15) is 0 Å². The van der Waals surface area contributed by atoms with E-state index < -0.39 is 10.0 Å². The average Bonchev–Trinajstić information content (AvgIpc) is 2.64. The second-order valence-corrected chi connectivity index (χ2v) is 8.52.